The third kappa shape index (κ3) is 4.01. The van der Waals surface area contributed by atoms with Crippen molar-refractivity contribution in [2.45, 2.75) is 57.7 Å². The molecule has 6 nitrogen and oxygen atoms in total. The predicted molar refractivity (Wildman–Crippen MR) is 123 cm³/mol. The minimum Gasteiger partial charge on any atom is -0.383 e. The summed E-state index contributed by atoms with van der Waals surface area (Å²) < 4.78 is 44.7. The van der Waals surface area contributed by atoms with Crippen LogP contribution in [0.2, 0.25) is 0 Å². The average molecular weight is 483 g/mol. The molecule has 3 aliphatic rings. The van der Waals surface area contributed by atoms with Gasteiger partial charge in [-0.25, -0.2) is 4.98 Å². The summed E-state index contributed by atoms with van der Waals surface area (Å²) in [6.07, 6.45) is -0.499. The lowest BCUT2D eigenvalue weighted by Gasteiger charge is -2.24. The van der Waals surface area contributed by atoms with Crippen LogP contribution in [0.1, 0.15) is 65.0 Å². The van der Waals surface area contributed by atoms with Crippen LogP contribution in [0.15, 0.2) is 36.5 Å². The Kier molecular flexibility index (Phi) is 5.03. The zero-order valence-corrected chi connectivity index (χ0v) is 19.2. The summed E-state index contributed by atoms with van der Waals surface area (Å²) in [4.78, 5) is 24.1. The van der Waals surface area contributed by atoms with Gasteiger partial charge in [-0.1, -0.05) is 0 Å². The zero-order valence-electron chi connectivity index (χ0n) is 19.2. The van der Waals surface area contributed by atoms with Crippen molar-refractivity contribution >= 4 is 22.6 Å². The fourth-order valence-corrected chi connectivity index (χ4v) is 5.35. The number of carbonyl (C=O) groups is 1. The monoisotopic (exact) mass is 482 g/mol. The number of fused-ring (bicyclic) bond motifs is 3. The molecule has 1 aliphatic heterocycles. The summed E-state index contributed by atoms with van der Waals surface area (Å²) in [7, 11) is 0. The van der Waals surface area contributed by atoms with Crippen molar-refractivity contribution in [1.82, 2.24) is 14.9 Å². The summed E-state index contributed by atoms with van der Waals surface area (Å²) in [5.74, 6) is 1.38. The smallest absolute Gasteiger partial charge is 0.383 e. The lowest BCUT2D eigenvalue weighted by atomic mass is 10.00. The molecule has 2 aliphatic carbocycles. The lowest BCUT2D eigenvalue weighted by molar-refractivity contribution is -0.137. The van der Waals surface area contributed by atoms with Crippen LogP contribution in [-0.4, -0.2) is 26.8 Å². The number of amides is 1. The summed E-state index contributed by atoms with van der Waals surface area (Å²) in [5.41, 5.74) is 8.82. The Morgan fingerprint density at radius 3 is 2.71 bits per heavy atom. The number of aromatic nitrogens is 2. The normalized spacial score (nSPS) is 23.4. The van der Waals surface area contributed by atoms with Crippen LogP contribution in [0.25, 0.3) is 10.9 Å². The molecule has 0 bridgehead atoms. The van der Waals surface area contributed by atoms with Gasteiger partial charge in [0, 0.05) is 28.8 Å². The second-order valence-corrected chi connectivity index (χ2v) is 9.85. The summed E-state index contributed by atoms with van der Waals surface area (Å²) in [5, 5.41) is 0.839. The summed E-state index contributed by atoms with van der Waals surface area (Å²) >= 11 is 0. The number of ether oxygens (including phenoxy) is 1. The average Bonchev–Trinajstić information content (AvgIpc) is 3.74. The molecule has 182 valence electrons. The fraction of sp³-hybridized carbons (Fsp3) is 0.423. The molecular weight excluding hydrogens is 457 g/mol. The maximum atomic E-state index is 13.8. The van der Waals surface area contributed by atoms with E-state index in [1.807, 2.05) is 13.0 Å². The van der Waals surface area contributed by atoms with Crippen molar-refractivity contribution in [3.63, 3.8) is 0 Å². The van der Waals surface area contributed by atoms with Gasteiger partial charge in [0.05, 0.1) is 36.0 Å². The van der Waals surface area contributed by atoms with E-state index in [0.29, 0.717) is 41.0 Å². The first-order valence-corrected chi connectivity index (χ1v) is 11.9. The molecule has 3 unspecified atom stereocenters. The second kappa shape index (κ2) is 7.91. The number of benzene rings is 1. The van der Waals surface area contributed by atoms with E-state index in [-0.39, 0.29) is 24.6 Å². The van der Waals surface area contributed by atoms with Crippen LogP contribution in [-0.2, 0) is 24.1 Å². The Hall–Kier alpha value is -3.20. The molecule has 2 fully saturated rings. The molecule has 0 spiro atoms. The van der Waals surface area contributed by atoms with Gasteiger partial charge in [0.1, 0.15) is 5.82 Å². The lowest BCUT2D eigenvalue weighted by Crippen LogP contribution is -2.34. The van der Waals surface area contributed by atoms with Crippen LogP contribution >= 0.6 is 0 Å². The molecule has 0 radical (unpaired) electrons. The van der Waals surface area contributed by atoms with Crippen molar-refractivity contribution in [3.05, 3.63) is 64.5 Å². The second-order valence-electron chi connectivity index (χ2n) is 9.85. The third-order valence-electron chi connectivity index (χ3n) is 7.47. The van der Waals surface area contributed by atoms with Crippen molar-refractivity contribution in [2.24, 2.45) is 11.8 Å². The highest BCUT2D eigenvalue weighted by Gasteiger charge is 2.51. The quantitative estimate of drug-likeness (QED) is 0.536. The number of halogens is 3. The number of hydrogen-bond acceptors (Lipinski definition) is 5. The Labute approximate surface area is 200 Å². The van der Waals surface area contributed by atoms with Gasteiger partial charge < -0.3 is 15.4 Å². The number of hydrogen-bond donors (Lipinski definition) is 1. The molecule has 6 rings (SSSR count). The number of rotatable bonds is 5. The number of nitrogens with zero attached hydrogens (tertiary/aromatic N) is 3. The molecule has 9 heteroatoms. The first-order valence-electron chi connectivity index (χ1n) is 11.9. The van der Waals surface area contributed by atoms with Gasteiger partial charge >= 0.3 is 6.18 Å². The number of nitrogens with two attached hydrogens (primary N) is 1. The van der Waals surface area contributed by atoms with E-state index in [9.17, 15) is 18.0 Å². The molecule has 2 N–H and O–H groups in total. The first-order chi connectivity index (χ1) is 16.7. The largest absolute Gasteiger partial charge is 0.417 e. The Morgan fingerprint density at radius 2 is 2.03 bits per heavy atom. The Morgan fingerprint density at radius 1 is 1.23 bits per heavy atom. The van der Waals surface area contributed by atoms with Gasteiger partial charge in [-0.05, 0) is 73.9 Å². The summed E-state index contributed by atoms with van der Waals surface area (Å²) in [6.45, 7) is 2.50. The van der Waals surface area contributed by atoms with Crippen molar-refractivity contribution in [1.29, 1.82) is 0 Å². The van der Waals surface area contributed by atoms with Gasteiger partial charge in [0.15, 0.2) is 0 Å². The molecule has 0 saturated heterocycles. The van der Waals surface area contributed by atoms with Gasteiger partial charge in [0.25, 0.3) is 5.91 Å². The molecule has 2 aromatic heterocycles. The number of alkyl halides is 3. The van der Waals surface area contributed by atoms with Crippen molar-refractivity contribution in [3.8, 4) is 0 Å². The maximum absolute atomic E-state index is 13.8. The number of nitrogen functional groups attached to an aromatic ring is 1. The van der Waals surface area contributed by atoms with E-state index in [4.69, 9.17) is 10.5 Å². The predicted octanol–water partition coefficient (Wildman–Crippen LogP) is 5.26. The number of carbonyl (C=O) groups excluding carboxylic acids is 1. The fourth-order valence-electron chi connectivity index (χ4n) is 5.35. The van der Waals surface area contributed by atoms with Gasteiger partial charge in [-0.3, -0.25) is 9.78 Å². The van der Waals surface area contributed by atoms with Crippen LogP contribution < -0.4 is 5.73 Å². The highest BCUT2D eigenvalue weighted by Crippen LogP contribution is 2.52. The number of anilines is 1. The van der Waals surface area contributed by atoms with Gasteiger partial charge in [-0.15, -0.1) is 0 Å². The molecule has 2 saturated carbocycles. The van der Waals surface area contributed by atoms with E-state index in [0.717, 1.165) is 35.2 Å². The van der Waals surface area contributed by atoms with Crippen LogP contribution in [0.3, 0.4) is 0 Å². The SMILES string of the molecule is CC1OCc2c1c(N)nc1ccc(C(=O)N(Cc3ccc(C(F)(F)F)cn3)C3CC3C3CC3)cc21. The van der Waals surface area contributed by atoms with E-state index in [1.54, 1.807) is 17.0 Å². The van der Waals surface area contributed by atoms with Crippen molar-refractivity contribution < 1.29 is 22.7 Å². The molecule has 1 amide bonds. The standard InChI is InChI=1S/C26H25F3N4O2/c1-13-23-20(12-35-13)19-8-15(4-7-21(19)32-24(23)30)25(34)33(22-9-18(22)14-2-3-14)11-17-6-5-16(10-31-17)26(27,28)29/h4-8,10,13-14,18,22H,2-3,9,11-12H2,1H3,(H2,30,32). The topological polar surface area (TPSA) is 81.3 Å². The number of pyridine rings is 2. The highest BCUT2D eigenvalue weighted by atomic mass is 19.4. The molecule has 1 aromatic carbocycles. The third-order valence-corrected chi connectivity index (χ3v) is 7.47. The Balaban J connectivity index is 1.33. The molecular formula is C26H25F3N4O2. The molecule has 3 aromatic rings. The molecule has 3 atom stereocenters. The van der Waals surface area contributed by atoms with E-state index >= 15 is 0 Å². The van der Waals surface area contributed by atoms with Gasteiger partial charge in [0.2, 0.25) is 0 Å². The van der Waals surface area contributed by atoms with E-state index in [2.05, 4.69) is 9.97 Å². The van der Waals surface area contributed by atoms with Crippen LogP contribution in [0, 0.1) is 11.8 Å². The minimum absolute atomic E-state index is 0.0772. The van der Waals surface area contributed by atoms with E-state index in [1.165, 1.54) is 18.9 Å². The first kappa shape index (κ1) is 22.3. The van der Waals surface area contributed by atoms with Crippen LogP contribution in [0.4, 0.5) is 19.0 Å². The highest BCUT2D eigenvalue weighted by molar-refractivity contribution is 5.99. The molecule has 3 heterocycles. The van der Waals surface area contributed by atoms with Crippen LogP contribution in [0.5, 0.6) is 0 Å². The minimum atomic E-state index is -4.45. The summed E-state index contributed by atoms with van der Waals surface area (Å²) in [6, 6.07) is 7.83. The van der Waals surface area contributed by atoms with Gasteiger partial charge in [-0.2, -0.15) is 13.2 Å². The van der Waals surface area contributed by atoms with Crippen molar-refractivity contribution in [2.75, 3.05) is 5.73 Å². The zero-order chi connectivity index (χ0) is 24.5. The van der Waals surface area contributed by atoms with E-state index < -0.39 is 11.7 Å². The molecule has 35 heavy (non-hydrogen) atoms. The maximum Gasteiger partial charge on any atom is 0.417 e. The Bertz CT molecular complexity index is 1320.